The van der Waals surface area contributed by atoms with Gasteiger partial charge in [0.15, 0.2) is 5.78 Å². The van der Waals surface area contributed by atoms with Gasteiger partial charge in [-0.2, -0.15) is 0 Å². The van der Waals surface area contributed by atoms with Crippen molar-refractivity contribution < 1.29 is 9.53 Å². The SMILES string of the molecule is C=CCC[C@@]1(C)OC1C(=O)C(C)C. The number of rotatable bonds is 5. The number of hydrogen-bond acceptors (Lipinski definition) is 2. The molecule has 1 aliphatic heterocycles. The molecule has 0 saturated carbocycles. The molecule has 74 valence electrons. The highest BCUT2D eigenvalue weighted by Gasteiger charge is 2.55. The molecular formula is C11H18O2. The van der Waals surface area contributed by atoms with Crippen LogP contribution in [0.15, 0.2) is 12.7 Å². The highest BCUT2D eigenvalue weighted by Crippen LogP contribution is 2.41. The summed E-state index contributed by atoms with van der Waals surface area (Å²) >= 11 is 0. The van der Waals surface area contributed by atoms with Gasteiger partial charge in [-0.15, -0.1) is 6.58 Å². The van der Waals surface area contributed by atoms with E-state index in [0.717, 1.165) is 12.8 Å². The van der Waals surface area contributed by atoms with E-state index in [9.17, 15) is 4.79 Å². The van der Waals surface area contributed by atoms with E-state index in [4.69, 9.17) is 4.74 Å². The second-order valence-corrected chi connectivity index (χ2v) is 4.19. The fourth-order valence-electron chi connectivity index (χ4n) is 1.48. The molecule has 1 unspecified atom stereocenters. The molecule has 13 heavy (non-hydrogen) atoms. The van der Waals surface area contributed by atoms with E-state index >= 15 is 0 Å². The van der Waals surface area contributed by atoms with Crippen molar-refractivity contribution in [1.82, 2.24) is 0 Å². The summed E-state index contributed by atoms with van der Waals surface area (Å²) in [6.45, 7) is 9.49. The average molecular weight is 182 g/mol. The molecule has 2 heteroatoms. The second kappa shape index (κ2) is 3.62. The largest absolute Gasteiger partial charge is 0.358 e. The molecule has 1 rings (SSSR count). The summed E-state index contributed by atoms with van der Waals surface area (Å²) in [4.78, 5) is 11.5. The summed E-state index contributed by atoms with van der Waals surface area (Å²) < 4.78 is 5.43. The molecule has 0 aliphatic carbocycles. The maximum absolute atomic E-state index is 11.5. The zero-order chi connectivity index (χ0) is 10.1. The van der Waals surface area contributed by atoms with Crippen molar-refractivity contribution in [1.29, 1.82) is 0 Å². The summed E-state index contributed by atoms with van der Waals surface area (Å²) in [7, 11) is 0. The van der Waals surface area contributed by atoms with E-state index in [-0.39, 0.29) is 23.4 Å². The van der Waals surface area contributed by atoms with E-state index in [1.807, 2.05) is 26.8 Å². The smallest absolute Gasteiger partial charge is 0.167 e. The number of carbonyl (C=O) groups excluding carboxylic acids is 1. The lowest BCUT2D eigenvalue weighted by molar-refractivity contribution is -0.123. The molecule has 2 nitrogen and oxygen atoms in total. The molecule has 0 amide bonds. The first-order valence-electron chi connectivity index (χ1n) is 4.83. The molecule has 0 aromatic carbocycles. The summed E-state index contributed by atoms with van der Waals surface area (Å²) in [6, 6.07) is 0. The van der Waals surface area contributed by atoms with Crippen molar-refractivity contribution in [2.45, 2.75) is 45.3 Å². The first-order valence-corrected chi connectivity index (χ1v) is 4.83. The fourth-order valence-corrected chi connectivity index (χ4v) is 1.48. The molecular weight excluding hydrogens is 164 g/mol. The molecule has 1 fully saturated rings. The maximum Gasteiger partial charge on any atom is 0.167 e. The van der Waals surface area contributed by atoms with Crippen molar-refractivity contribution in [2.75, 3.05) is 0 Å². The standard InChI is InChI=1S/C11H18O2/c1-5-6-7-11(4)10(13-11)9(12)8(2)3/h5,8,10H,1,6-7H2,2-4H3/t10?,11-/m1/s1. The van der Waals surface area contributed by atoms with Crippen LogP contribution >= 0.6 is 0 Å². The molecule has 0 spiro atoms. The number of Topliss-reactive ketones (excluding diaryl/α,β-unsaturated/α-hetero) is 1. The Morgan fingerprint density at radius 2 is 2.31 bits per heavy atom. The van der Waals surface area contributed by atoms with Crippen molar-refractivity contribution in [3.63, 3.8) is 0 Å². The normalized spacial score (nSPS) is 31.8. The van der Waals surface area contributed by atoms with E-state index in [2.05, 4.69) is 6.58 Å². The van der Waals surface area contributed by atoms with E-state index in [0.29, 0.717) is 0 Å². The van der Waals surface area contributed by atoms with Gasteiger partial charge in [0, 0.05) is 5.92 Å². The fraction of sp³-hybridized carbons (Fsp3) is 0.727. The zero-order valence-electron chi connectivity index (χ0n) is 8.67. The van der Waals surface area contributed by atoms with Crippen LogP contribution in [0, 0.1) is 5.92 Å². The zero-order valence-corrected chi connectivity index (χ0v) is 8.67. The van der Waals surface area contributed by atoms with Gasteiger partial charge < -0.3 is 4.74 Å². The third-order valence-electron chi connectivity index (χ3n) is 2.56. The predicted octanol–water partition coefficient (Wildman–Crippen LogP) is 2.34. The van der Waals surface area contributed by atoms with Crippen molar-refractivity contribution in [2.24, 2.45) is 5.92 Å². The monoisotopic (exact) mass is 182 g/mol. The van der Waals surface area contributed by atoms with Crippen LogP contribution in [0.1, 0.15) is 33.6 Å². The van der Waals surface area contributed by atoms with Crippen molar-refractivity contribution in [3.8, 4) is 0 Å². The minimum absolute atomic E-state index is 0.0792. The Morgan fingerprint density at radius 1 is 1.69 bits per heavy atom. The van der Waals surface area contributed by atoms with Crippen LogP contribution in [-0.4, -0.2) is 17.5 Å². The van der Waals surface area contributed by atoms with Gasteiger partial charge in [-0.3, -0.25) is 4.79 Å². The number of allylic oxidation sites excluding steroid dienone is 1. The van der Waals surface area contributed by atoms with Gasteiger partial charge in [-0.25, -0.2) is 0 Å². The molecule has 2 atom stereocenters. The molecule has 1 heterocycles. The quantitative estimate of drug-likeness (QED) is 0.482. The molecule has 0 radical (unpaired) electrons. The Bertz CT molecular complexity index is 220. The van der Waals surface area contributed by atoms with E-state index < -0.39 is 0 Å². The van der Waals surface area contributed by atoms with Crippen molar-refractivity contribution >= 4 is 5.78 Å². The first kappa shape index (κ1) is 10.5. The highest BCUT2D eigenvalue weighted by atomic mass is 16.6. The Labute approximate surface area is 80.0 Å². The van der Waals surface area contributed by atoms with Gasteiger partial charge in [0.2, 0.25) is 0 Å². The Balaban J connectivity index is 2.43. The van der Waals surface area contributed by atoms with Crippen LogP contribution in [0.4, 0.5) is 0 Å². The summed E-state index contributed by atoms with van der Waals surface area (Å²) in [5.41, 5.74) is -0.199. The third-order valence-corrected chi connectivity index (χ3v) is 2.56. The molecule has 0 bridgehead atoms. The summed E-state index contributed by atoms with van der Waals surface area (Å²) in [5, 5.41) is 0. The number of epoxide rings is 1. The van der Waals surface area contributed by atoms with Gasteiger partial charge >= 0.3 is 0 Å². The van der Waals surface area contributed by atoms with Gasteiger partial charge in [0.25, 0.3) is 0 Å². The Kier molecular flexibility index (Phi) is 2.91. The number of ether oxygens (including phenoxy) is 1. The molecule has 1 saturated heterocycles. The summed E-state index contributed by atoms with van der Waals surface area (Å²) in [6.07, 6.45) is 3.52. The average Bonchev–Trinajstić information content (AvgIpc) is 2.74. The lowest BCUT2D eigenvalue weighted by atomic mass is 9.94. The highest BCUT2D eigenvalue weighted by molar-refractivity contribution is 5.88. The minimum Gasteiger partial charge on any atom is -0.358 e. The van der Waals surface area contributed by atoms with Crippen LogP contribution in [-0.2, 0) is 9.53 Å². The van der Waals surface area contributed by atoms with E-state index in [1.54, 1.807) is 0 Å². The predicted molar refractivity (Wildman–Crippen MR) is 52.6 cm³/mol. The van der Waals surface area contributed by atoms with E-state index in [1.165, 1.54) is 0 Å². The van der Waals surface area contributed by atoms with Crippen LogP contribution in [0.2, 0.25) is 0 Å². The van der Waals surface area contributed by atoms with Crippen LogP contribution < -0.4 is 0 Å². The Hall–Kier alpha value is -0.630. The maximum atomic E-state index is 11.5. The van der Waals surface area contributed by atoms with Crippen LogP contribution in [0.5, 0.6) is 0 Å². The van der Waals surface area contributed by atoms with Crippen molar-refractivity contribution in [3.05, 3.63) is 12.7 Å². The summed E-state index contributed by atoms with van der Waals surface area (Å²) in [5.74, 6) is 0.308. The van der Waals surface area contributed by atoms with Gasteiger partial charge in [0.05, 0.1) is 0 Å². The first-order chi connectivity index (χ1) is 6.01. The van der Waals surface area contributed by atoms with Crippen LogP contribution in [0.3, 0.4) is 0 Å². The van der Waals surface area contributed by atoms with Crippen LogP contribution in [0.25, 0.3) is 0 Å². The molecule has 1 aliphatic rings. The topological polar surface area (TPSA) is 29.6 Å². The van der Waals surface area contributed by atoms with Gasteiger partial charge in [-0.05, 0) is 19.8 Å². The third kappa shape index (κ3) is 2.19. The second-order valence-electron chi connectivity index (χ2n) is 4.19. The minimum atomic E-state index is -0.199. The molecule has 0 aromatic heterocycles. The lowest BCUT2D eigenvalue weighted by Crippen LogP contribution is -2.21. The molecule has 0 N–H and O–H groups in total. The number of hydrogen-bond donors (Lipinski definition) is 0. The Morgan fingerprint density at radius 3 is 2.77 bits per heavy atom. The molecule has 0 aromatic rings. The number of carbonyl (C=O) groups is 1. The van der Waals surface area contributed by atoms with Gasteiger partial charge in [0.1, 0.15) is 11.7 Å². The lowest BCUT2D eigenvalue weighted by Gasteiger charge is -2.04. The van der Waals surface area contributed by atoms with Gasteiger partial charge in [-0.1, -0.05) is 19.9 Å². The number of ketones is 1.